The van der Waals surface area contributed by atoms with E-state index in [9.17, 15) is 28.4 Å². The summed E-state index contributed by atoms with van der Waals surface area (Å²) < 4.78 is 27.4. The molecule has 9 nitrogen and oxygen atoms in total. The number of rotatable bonds is 5. The van der Waals surface area contributed by atoms with E-state index in [4.69, 9.17) is 0 Å². The van der Waals surface area contributed by atoms with Crippen LogP contribution in [0.4, 0.5) is 21.9 Å². The summed E-state index contributed by atoms with van der Waals surface area (Å²) in [6.07, 6.45) is -1.18. The van der Waals surface area contributed by atoms with Crippen LogP contribution in [-0.4, -0.2) is 30.1 Å². The van der Waals surface area contributed by atoms with Gasteiger partial charge in [-0.05, 0) is 45.0 Å². The fourth-order valence-corrected chi connectivity index (χ4v) is 3.56. The van der Waals surface area contributed by atoms with Gasteiger partial charge in [-0.1, -0.05) is 12.1 Å². The molecule has 0 aliphatic carbocycles. The summed E-state index contributed by atoms with van der Waals surface area (Å²) in [6.45, 7) is 5.13. The Kier molecular flexibility index (Phi) is 5.41. The van der Waals surface area contributed by atoms with Gasteiger partial charge in [-0.2, -0.15) is 0 Å². The Hall–Kier alpha value is -3.14. The molecule has 10 heteroatoms. The van der Waals surface area contributed by atoms with Gasteiger partial charge in [0.15, 0.2) is 0 Å². The third-order valence-electron chi connectivity index (χ3n) is 3.56. The second-order valence-corrected chi connectivity index (χ2v) is 8.38. The second-order valence-electron chi connectivity index (χ2n) is 6.70. The van der Waals surface area contributed by atoms with Crippen LogP contribution < -0.4 is 9.62 Å². The summed E-state index contributed by atoms with van der Waals surface area (Å²) in [5.41, 5.74) is -0.677. The molecule has 0 bridgehead atoms. The molecule has 0 radical (unpaired) electrons. The molecule has 144 valence electrons. The Morgan fingerprint density at radius 2 is 1.78 bits per heavy atom. The number of benzene rings is 2. The number of sulfonamides is 1. The summed E-state index contributed by atoms with van der Waals surface area (Å²) in [5.74, 6) is 0. The Morgan fingerprint density at radius 1 is 1.15 bits per heavy atom. The highest BCUT2D eigenvalue weighted by molar-refractivity contribution is 7.92. The summed E-state index contributed by atoms with van der Waals surface area (Å²) in [7, 11) is -4.09. The number of anilines is 2. The van der Waals surface area contributed by atoms with Gasteiger partial charge >= 0.3 is 6.09 Å². The predicted molar refractivity (Wildman–Crippen MR) is 101 cm³/mol. The highest BCUT2D eigenvalue weighted by Gasteiger charge is 2.28. The van der Waals surface area contributed by atoms with Gasteiger partial charge in [-0.3, -0.25) is 19.7 Å². The van der Waals surface area contributed by atoms with Crippen molar-refractivity contribution in [2.24, 2.45) is 0 Å². The van der Waals surface area contributed by atoms with E-state index in [0.29, 0.717) is 0 Å². The van der Waals surface area contributed by atoms with Crippen LogP contribution in [0.15, 0.2) is 53.4 Å². The molecule has 0 saturated carbocycles. The Balaban J connectivity index is 2.39. The molecule has 0 unspecified atom stereocenters. The minimum absolute atomic E-state index is 0.134. The predicted octanol–water partition coefficient (Wildman–Crippen LogP) is 3.68. The van der Waals surface area contributed by atoms with Crippen LogP contribution in [0.25, 0.3) is 0 Å². The van der Waals surface area contributed by atoms with Gasteiger partial charge in [-0.15, -0.1) is 0 Å². The first-order valence-electron chi connectivity index (χ1n) is 7.82. The SMILES string of the molecule is CC(C)(C)N(C(=O)O)c1cccc(NS(=O)(=O)c2cccc([N+](=O)[O-])c2)c1. The Morgan fingerprint density at radius 3 is 2.33 bits per heavy atom. The van der Waals surface area contributed by atoms with Crippen molar-refractivity contribution < 1.29 is 23.2 Å². The maximum atomic E-state index is 12.5. The molecule has 27 heavy (non-hydrogen) atoms. The number of nitro benzene ring substituents is 1. The molecule has 1 amide bonds. The lowest BCUT2D eigenvalue weighted by Gasteiger charge is -2.33. The molecule has 0 heterocycles. The Labute approximate surface area is 156 Å². The molecular weight excluding hydrogens is 374 g/mol. The van der Waals surface area contributed by atoms with E-state index in [1.165, 1.54) is 36.4 Å². The largest absolute Gasteiger partial charge is 0.465 e. The topological polar surface area (TPSA) is 130 Å². The average molecular weight is 393 g/mol. The number of nitrogens with zero attached hydrogens (tertiary/aromatic N) is 2. The highest BCUT2D eigenvalue weighted by Crippen LogP contribution is 2.28. The zero-order chi connectivity index (χ0) is 20.4. The lowest BCUT2D eigenvalue weighted by atomic mass is 10.1. The molecule has 2 aromatic rings. The maximum Gasteiger partial charge on any atom is 0.412 e. The van der Waals surface area contributed by atoms with Gasteiger partial charge in [0, 0.05) is 23.4 Å². The van der Waals surface area contributed by atoms with Crippen molar-refractivity contribution in [1.82, 2.24) is 0 Å². The lowest BCUT2D eigenvalue weighted by molar-refractivity contribution is -0.385. The van der Waals surface area contributed by atoms with Crippen LogP contribution >= 0.6 is 0 Å². The number of hydrogen-bond acceptors (Lipinski definition) is 5. The number of carbonyl (C=O) groups is 1. The van der Waals surface area contributed by atoms with Crippen LogP contribution in [0, 0.1) is 10.1 Å². The third kappa shape index (κ3) is 4.73. The van der Waals surface area contributed by atoms with Crippen LogP contribution in [-0.2, 0) is 10.0 Å². The number of nitrogens with one attached hydrogen (secondary N) is 1. The van der Waals surface area contributed by atoms with Gasteiger partial charge in [0.2, 0.25) is 0 Å². The number of carboxylic acid groups (broad SMARTS) is 1. The first kappa shape index (κ1) is 20.2. The second kappa shape index (κ2) is 7.23. The molecule has 0 aliphatic heterocycles. The van der Waals surface area contributed by atoms with E-state index in [1.54, 1.807) is 26.8 Å². The van der Waals surface area contributed by atoms with Crippen LogP contribution in [0.5, 0.6) is 0 Å². The molecule has 0 saturated heterocycles. The standard InChI is InChI=1S/C17H19N3O6S/c1-17(2,3)19(16(21)22)13-7-4-6-12(10-13)18-27(25,26)15-9-5-8-14(11-15)20(23)24/h4-11,18H,1-3H3,(H,21,22). The minimum atomic E-state index is -4.09. The zero-order valence-electron chi connectivity index (χ0n) is 14.9. The number of hydrogen-bond donors (Lipinski definition) is 2. The monoisotopic (exact) mass is 393 g/mol. The summed E-state index contributed by atoms with van der Waals surface area (Å²) in [4.78, 5) is 22.6. The Bertz CT molecular complexity index is 982. The van der Waals surface area contributed by atoms with E-state index in [0.717, 1.165) is 11.0 Å². The quantitative estimate of drug-likeness (QED) is 0.589. The maximum absolute atomic E-state index is 12.5. The number of non-ortho nitro benzene ring substituents is 1. The number of amides is 1. The van der Waals surface area contributed by atoms with E-state index < -0.39 is 26.6 Å². The average Bonchev–Trinajstić information content (AvgIpc) is 2.53. The summed E-state index contributed by atoms with van der Waals surface area (Å²) >= 11 is 0. The van der Waals surface area contributed by atoms with Crippen molar-refractivity contribution in [3.63, 3.8) is 0 Å². The van der Waals surface area contributed by atoms with Crippen molar-refractivity contribution in [3.8, 4) is 0 Å². The molecule has 0 fully saturated rings. The summed E-state index contributed by atoms with van der Waals surface area (Å²) in [6, 6.07) is 10.5. The van der Waals surface area contributed by atoms with Crippen LogP contribution in [0.3, 0.4) is 0 Å². The highest BCUT2D eigenvalue weighted by atomic mass is 32.2. The van der Waals surface area contributed by atoms with Crippen LogP contribution in [0.1, 0.15) is 20.8 Å². The number of nitro groups is 1. The third-order valence-corrected chi connectivity index (χ3v) is 4.94. The first-order chi connectivity index (χ1) is 12.4. The van der Waals surface area contributed by atoms with Gasteiger partial charge in [-0.25, -0.2) is 13.2 Å². The normalized spacial score (nSPS) is 11.7. The summed E-state index contributed by atoms with van der Waals surface area (Å²) in [5, 5.41) is 20.3. The molecule has 0 aromatic heterocycles. The van der Waals surface area contributed by atoms with E-state index >= 15 is 0 Å². The smallest absolute Gasteiger partial charge is 0.412 e. The van der Waals surface area contributed by atoms with Gasteiger partial charge in [0.05, 0.1) is 15.5 Å². The molecule has 2 rings (SSSR count). The molecule has 0 atom stereocenters. The van der Waals surface area contributed by atoms with Gasteiger partial charge in [0.1, 0.15) is 0 Å². The van der Waals surface area contributed by atoms with E-state index in [-0.39, 0.29) is 22.0 Å². The van der Waals surface area contributed by atoms with Gasteiger partial charge < -0.3 is 5.11 Å². The molecule has 0 aliphatic rings. The van der Waals surface area contributed by atoms with E-state index in [2.05, 4.69) is 4.72 Å². The van der Waals surface area contributed by atoms with Crippen LogP contribution in [0.2, 0.25) is 0 Å². The van der Waals surface area contributed by atoms with Crippen molar-refractivity contribution in [2.45, 2.75) is 31.2 Å². The van der Waals surface area contributed by atoms with Crippen molar-refractivity contribution in [2.75, 3.05) is 9.62 Å². The molecular formula is C17H19N3O6S. The minimum Gasteiger partial charge on any atom is -0.465 e. The van der Waals surface area contributed by atoms with Crippen molar-refractivity contribution in [1.29, 1.82) is 0 Å². The fourth-order valence-electron chi connectivity index (χ4n) is 2.47. The van der Waals surface area contributed by atoms with Gasteiger partial charge in [0.25, 0.3) is 15.7 Å². The molecule has 2 N–H and O–H groups in total. The molecule has 0 spiro atoms. The first-order valence-corrected chi connectivity index (χ1v) is 9.30. The van der Waals surface area contributed by atoms with Crippen molar-refractivity contribution in [3.05, 3.63) is 58.6 Å². The van der Waals surface area contributed by atoms with E-state index in [1.807, 2.05) is 0 Å². The lowest BCUT2D eigenvalue weighted by Crippen LogP contribution is -2.45. The fraction of sp³-hybridized carbons (Fsp3) is 0.235. The zero-order valence-corrected chi connectivity index (χ0v) is 15.7. The van der Waals surface area contributed by atoms with Crippen molar-refractivity contribution >= 4 is 33.2 Å². The molecule has 2 aromatic carbocycles.